The smallest absolute Gasteiger partial charge is 0.360 e. The Balaban J connectivity index is 1.94. The molecule has 0 radical (unpaired) electrons. The van der Waals surface area contributed by atoms with Gasteiger partial charge in [-0.1, -0.05) is 50.1 Å². The Labute approximate surface area is 173 Å². The Bertz CT molecular complexity index is 1140. The van der Waals surface area contributed by atoms with Gasteiger partial charge in [-0.3, -0.25) is 14.9 Å². The van der Waals surface area contributed by atoms with Crippen LogP contribution in [0.5, 0.6) is 0 Å². The third-order valence-electron chi connectivity index (χ3n) is 4.87. The molecule has 0 unspecified atom stereocenters. The maximum atomic E-state index is 12.9. The third kappa shape index (κ3) is 4.53. The number of rotatable bonds is 8. The highest BCUT2D eigenvalue weighted by atomic mass is 16.6. The third-order valence-corrected chi connectivity index (χ3v) is 4.87. The summed E-state index contributed by atoms with van der Waals surface area (Å²) >= 11 is 0. The Morgan fingerprint density at radius 1 is 1.17 bits per heavy atom. The quantitative estimate of drug-likeness (QED) is 0.236. The largest absolute Gasteiger partial charge is 0.453 e. The normalized spacial score (nSPS) is 11.9. The van der Waals surface area contributed by atoms with Gasteiger partial charge in [0.2, 0.25) is 0 Å². The van der Waals surface area contributed by atoms with Crippen LogP contribution < -0.4 is 5.56 Å². The molecule has 0 amide bonds. The summed E-state index contributed by atoms with van der Waals surface area (Å²) in [5.41, 5.74) is 0.227. The van der Waals surface area contributed by atoms with Crippen LogP contribution in [0, 0.1) is 10.1 Å². The van der Waals surface area contributed by atoms with E-state index in [1.807, 2.05) is 0 Å². The highest BCUT2D eigenvalue weighted by Crippen LogP contribution is 2.24. The van der Waals surface area contributed by atoms with E-state index in [0.717, 1.165) is 19.3 Å². The summed E-state index contributed by atoms with van der Waals surface area (Å²) in [4.78, 5) is 36.1. The van der Waals surface area contributed by atoms with Gasteiger partial charge < -0.3 is 4.74 Å². The van der Waals surface area contributed by atoms with E-state index >= 15 is 0 Å². The first-order chi connectivity index (χ1) is 14.4. The van der Waals surface area contributed by atoms with Gasteiger partial charge in [0.1, 0.15) is 6.10 Å². The molecule has 0 bridgehead atoms. The zero-order chi connectivity index (χ0) is 21.7. The average molecular weight is 409 g/mol. The SMILES string of the molecule is CCCCCn1nc(C(=O)O[C@@H](C)c2cccc([N+](=O)[O-])c2)c2ccccc2c1=O. The van der Waals surface area contributed by atoms with Crippen molar-refractivity contribution in [2.24, 2.45) is 0 Å². The molecule has 1 atom stereocenters. The lowest BCUT2D eigenvalue weighted by atomic mass is 10.1. The minimum atomic E-state index is -0.724. The Morgan fingerprint density at radius 2 is 1.90 bits per heavy atom. The number of hydrogen-bond acceptors (Lipinski definition) is 6. The maximum absolute atomic E-state index is 12.9. The number of benzene rings is 2. The van der Waals surface area contributed by atoms with Crippen molar-refractivity contribution in [2.75, 3.05) is 0 Å². The van der Waals surface area contributed by atoms with Crippen LogP contribution in [0.25, 0.3) is 10.8 Å². The van der Waals surface area contributed by atoms with Crippen molar-refractivity contribution < 1.29 is 14.5 Å². The van der Waals surface area contributed by atoms with E-state index in [4.69, 9.17) is 4.74 Å². The fourth-order valence-corrected chi connectivity index (χ4v) is 3.22. The lowest BCUT2D eigenvalue weighted by Gasteiger charge is -2.15. The summed E-state index contributed by atoms with van der Waals surface area (Å²) in [6, 6.07) is 12.7. The van der Waals surface area contributed by atoms with Crippen molar-refractivity contribution in [1.82, 2.24) is 9.78 Å². The number of carbonyl (C=O) groups excluding carboxylic acids is 1. The number of nitrogens with zero attached hydrogens (tertiary/aromatic N) is 3. The van der Waals surface area contributed by atoms with E-state index in [-0.39, 0.29) is 16.9 Å². The molecule has 3 rings (SSSR count). The first kappa shape index (κ1) is 21.2. The summed E-state index contributed by atoms with van der Waals surface area (Å²) < 4.78 is 6.86. The molecule has 8 heteroatoms. The minimum Gasteiger partial charge on any atom is -0.453 e. The molecule has 2 aromatic carbocycles. The maximum Gasteiger partial charge on any atom is 0.360 e. The fraction of sp³-hybridized carbons (Fsp3) is 0.318. The van der Waals surface area contributed by atoms with Crippen molar-refractivity contribution in [3.05, 3.63) is 80.3 Å². The summed E-state index contributed by atoms with van der Waals surface area (Å²) in [6.07, 6.45) is 2.00. The van der Waals surface area contributed by atoms with Crippen LogP contribution in [0.15, 0.2) is 53.3 Å². The molecule has 156 valence electrons. The second-order valence-corrected chi connectivity index (χ2v) is 7.03. The standard InChI is InChI=1S/C22H23N3O5/c1-3-4-7-13-24-21(26)19-12-6-5-11-18(19)20(23-24)22(27)30-15(2)16-9-8-10-17(14-16)25(28)29/h5-6,8-12,14-15H,3-4,7,13H2,1-2H3/t15-/m0/s1. The minimum absolute atomic E-state index is 0.0546. The number of nitro benzene ring substituents is 1. The van der Waals surface area contributed by atoms with Gasteiger partial charge in [0.25, 0.3) is 11.2 Å². The number of carbonyl (C=O) groups is 1. The predicted octanol–water partition coefficient (Wildman–Crippen LogP) is 4.41. The van der Waals surface area contributed by atoms with Gasteiger partial charge in [-0.2, -0.15) is 5.10 Å². The number of aryl methyl sites for hydroxylation is 1. The number of unbranched alkanes of at least 4 members (excludes halogenated alkanes) is 2. The van der Waals surface area contributed by atoms with Gasteiger partial charge in [0.15, 0.2) is 5.69 Å². The molecule has 1 heterocycles. The topological polar surface area (TPSA) is 104 Å². The number of hydrogen-bond donors (Lipinski definition) is 0. The van der Waals surface area contributed by atoms with Crippen LogP contribution in [-0.4, -0.2) is 20.7 Å². The lowest BCUT2D eigenvalue weighted by Crippen LogP contribution is -2.27. The number of non-ortho nitro benzene ring substituents is 1. The summed E-state index contributed by atoms with van der Waals surface area (Å²) in [5.74, 6) is -0.686. The molecule has 0 aliphatic carbocycles. The van der Waals surface area contributed by atoms with Crippen molar-refractivity contribution >= 4 is 22.4 Å². The molecule has 1 aromatic heterocycles. The predicted molar refractivity (Wildman–Crippen MR) is 112 cm³/mol. The van der Waals surface area contributed by atoms with Crippen molar-refractivity contribution in [1.29, 1.82) is 0 Å². The molecule has 0 aliphatic heterocycles. The molecule has 0 aliphatic rings. The monoisotopic (exact) mass is 409 g/mol. The van der Waals surface area contributed by atoms with E-state index in [2.05, 4.69) is 12.0 Å². The van der Waals surface area contributed by atoms with E-state index in [1.165, 1.54) is 16.8 Å². The van der Waals surface area contributed by atoms with E-state index in [9.17, 15) is 19.7 Å². The van der Waals surface area contributed by atoms with Crippen LogP contribution in [-0.2, 0) is 11.3 Å². The van der Waals surface area contributed by atoms with Gasteiger partial charge in [0.05, 0.1) is 10.3 Å². The van der Waals surface area contributed by atoms with Crippen LogP contribution >= 0.6 is 0 Å². The first-order valence-corrected chi connectivity index (χ1v) is 9.87. The molecular weight excluding hydrogens is 386 g/mol. The van der Waals surface area contributed by atoms with Crippen molar-refractivity contribution in [3.8, 4) is 0 Å². The number of fused-ring (bicyclic) bond motifs is 1. The molecule has 0 N–H and O–H groups in total. The molecule has 0 fully saturated rings. The second kappa shape index (κ2) is 9.30. The lowest BCUT2D eigenvalue weighted by molar-refractivity contribution is -0.385. The van der Waals surface area contributed by atoms with E-state index < -0.39 is 17.0 Å². The van der Waals surface area contributed by atoms with Crippen LogP contribution in [0.2, 0.25) is 0 Å². The molecule has 3 aromatic rings. The molecule has 0 saturated heterocycles. The van der Waals surface area contributed by atoms with E-state index in [1.54, 1.807) is 43.3 Å². The van der Waals surface area contributed by atoms with Crippen LogP contribution in [0.1, 0.15) is 55.3 Å². The van der Waals surface area contributed by atoms with Gasteiger partial charge in [-0.15, -0.1) is 0 Å². The fourth-order valence-electron chi connectivity index (χ4n) is 3.22. The average Bonchev–Trinajstić information content (AvgIpc) is 2.75. The summed E-state index contributed by atoms with van der Waals surface area (Å²) in [7, 11) is 0. The molecule has 30 heavy (non-hydrogen) atoms. The number of nitro groups is 1. The summed E-state index contributed by atoms with van der Waals surface area (Å²) in [6.45, 7) is 4.11. The Morgan fingerprint density at radius 3 is 2.60 bits per heavy atom. The zero-order valence-corrected chi connectivity index (χ0v) is 16.9. The second-order valence-electron chi connectivity index (χ2n) is 7.03. The van der Waals surface area contributed by atoms with Gasteiger partial charge in [-0.05, 0) is 25.0 Å². The Hall–Kier alpha value is -3.55. The highest BCUT2D eigenvalue weighted by Gasteiger charge is 2.21. The van der Waals surface area contributed by atoms with Gasteiger partial charge in [0, 0.05) is 24.1 Å². The van der Waals surface area contributed by atoms with Crippen molar-refractivity contribution in [3.63, 3.8) is 0 Å². The Kier molecular flexibility index (Phi) is 6.56. The molecule has 0 saturated carbocycles. The number of ether oxygens (including phenoxy) is 1. The summed E-state index contributed by atoms with van der Waals surface area (Å²) in [5, 5.41) is 16.1. The van der Waals surface area contributed by atoms with Crippen LogP contribution in [0.3, 0.4) is 0 Å². The number of esters is 1. The number of aromatic nitrogens is 2. The van der Waals surface area contributed by atoms with Gasteiger partial charge >= 0.3 is 5.97 Å². The molecular formula is C22H23N3O5. The van der Waals surface area contributed by atoms with Crippen LogP contribution in [0.4, 0.5) is 5.69 Å². The molecule has 0 spiro atoms. The van der Waals surface area contributed by atoms with Crippen molar-refractivity contribution in [2.45, 2.75) is 45.8 Å². The highest BCUT2D eigenvalue weighted by molar-refractivity contribution is 6.02. The first-order valence-electron chi connectivity index (χ1n) is 9.87. The van der Waals surface area contributed by atoms with E-state index in [0.29, 0.717) is 22.9 Å². The molecule has 8 nitrogen and oxygen atoms in total. The zero-order valence-electron chi connectivity index (χ0n) is 16.9. The van der Waals surface area contributed by atoms with Gasteiger partial charge in [-0.25, -0.2) is 9.48 Å².